The van der Waals surface area contributed by atoms with Crippen molar-refractivity contribution in [1.29, 1.82) is 0 Å². The number of nitrogens with one attached hydrogen (secondary N) is 1. The van der Waals surface area contributed by atoms with E-state index in [1.165, 1.54) is 12.8 Å². The first kappa shape index (κ1) is 14.4. The zero-order valence-electron chi connectivity index (χ0n) is 13.2. The third-order valence-corrected chi connectivity index (χ3v) is 4.70. The molecule has 23 heavy (non-hydrogen) atoms. The molecule has 7 nitrogen and oxygen atoms in total. The number of amides is 1. The summed E-state index contributed by atoms with van der Waals surface area (Å²) in [5, 5.41) is 11.6. The average molecular weight is 315 g/mol. The molecule has 1 amide bonds. The molecule has 122 valence electrons. The second-order valence-corrected chi connectivity index (χ2v) is 6.34. The van der Waals surface area contributed by atoms with Crippen LogP contribution in [0.3, 0.4) is 0 Å². The lowest BCUT2D eigenvalue weighted by Gasteiger charge is -2.31. The molecule has 3 heterocycles. The first-order valence-electron chi connectivity index (χ1n) is 8.18. The summed E-state index contributed by atoms with van der Waals surface area (Å²) < 4.78 is 7.47. The molecule has 1 fully saturated rings. The molecular weight excluding hydrogens is 294 g/mol. The van der Waals surface area contributed by atoms with Crippen LogP contribution in [0.15, 0.2) is 22.8 Å². The van der Waals surface area contributed by atoms with Gasteiger partial charge in [-0.3, -0.25) is 9.69 Å². The number of aromatic nitrogens is 3. The van der Waals surface area contributed by atoms with Gasteiger partial charge in [-0.15, -0.1) is 10.2 Å². The lowest BCUT2D eigenvalue weighted by molar-refractivity contribution is -0.126. The van der Waals surface area contributed by atoms with E-state index in [0.29, 0.717) is 19.0 Å². The fourth-order valence-corrected chi connectivity index (χ4v) is 3.07. The molecule has 7 heteroatoms. The number of hydrogen-bond donors (Lipinski definition) is 1. The summed E-state index contributed by atoms with van der Waals surface area (Å²) in [6.07, 6.45) is 4.07. The second kappa shape index (κ2) is 5.81. The van der Waals surface area contributed by atoms with Crippen LogP contribution in [0.1, 0.15) is 43.1 Å². The van der Waals surface area contributed by atoms with Crippen molar-refractivity contribution in [2.45, 2.75) is 51.4 Å². The summed E-state index contributed by atoms with van der Waals surface area (Å²) in [6, 6.07) is 3.48. The number of rotatable bonds is 5. The van der Waals surface area contributed by atoms with Gasteiger partial charge >= 0.3 is 0 Å². The topological polar surface area (TPSA) is 76.2 Å². The maximum atomic E-state index is 12.3. The van der Waals surface area contributed by atoms with Crippen LogP contribution in [-0.2, 0) is 24.4 Å². The Kier molecular flexibility index (Phi) is 3.65. The Labute approximate surface area is 134 Å². The minimum Gasteiger partial charge on any atom is -0.467 e. The van der Waals surface area contributed by atoms with E-state index in [2.05, 4.69) is 25.0 Å². The Bertz CT molecular complexity index is 689. The zero-order chi connectivity index (χ0) is 15.8. The molecule has 0 aromatic carbocycles. The van der Waals surface area contributed by atoms with Crippen LogP contribution in [0.2, 0.25) is 0 Å². The van der Waals surface area contributed by atoms with Crippen LogP contribution in [-0.4, -0.2) is 38.2 Å². The van der Waals surface area contributed by atoms with E-state index in [1.807, 2.05) is 19.1 Å². The van der Waals surface area contributed by atoms with Crippen molar-refractivity contribution in [3.8, 4) is 0 Å². The van der Waals surface area contributed by atoms with Crippen molar-refractivity contribution >= 4 is 5.91 Å². The van der Waals surface area contributed by atoms with Crippen molar-refractivity contribution < 1.29 is 9.21 Å². The van der Waals surface area contributed by atoms with E-state index in [1.54, 1.807) is 6.26 Å². The van der Waals surface area contributed by atoms with Crippen LogP contribution in [0.5, 0.6) is 0 Å². The second-order valence-electron chi connectivity index (χ2n) is 6.34. The lowest BCUT2D eigenvalue weighted by atomic mass is 10.2. The van der Waals surface area contributed by atoms with E-state index in [0.717, 1.165) is 30.5 Å². The van der Waals surface area contributed by atoms with Gasteiger partial charge in [0.05, 0.1) is 25.4 Å². The molecule has 1 aliphatic carbocycles. The maximum Gasteiger partial charge on any atom is 0.237 e. The van der Waals surface area contributed by atoms with Gasteiger partial charge in [0.25, 0.3) is 0 Å². The summed E-state index contributed by atoms with van der Waals surface area (Å²) in [7, 11) is 0. The smallest absolute Gasteiger partial charge is 0.237 e. The van der Waals surface area contributed by atoms with Crippen LogP contribution in [0, 0.1) is 0 Å². The molecule has 2 aliphatic rings. The largest absolute Gasteiger partial charge is 0.467 e. The van der Waals surface area contributed by atoms with Crippen LogP contribution in [0.25, 0.3) is 0 Å². The number of fused-ring (bicyclic) bond motifs is 1. The molecule has 1 atom stereocenters. The van der Waals surface area contributed by atoms with Crippen LogP contribution in [0.4, 0.5) is 0 Å². The Hall–Kier alpha value is -2.15. The molecule has 0 spiro atoms. The number of carbonyl (C=O) groups excluding carboxylic acids is 1. The molecule has 1 N–H and O–H groups in total. The number of furan rings is 1. The van der Waals surface area contributed by atoms with Gasteiger partial charge in [-0.1, -0.05) is 0 Å². The lowest BCUT2D eigenvalue weighted by Crippen LogP contribution is -2.48. The molecule has 1 saturated carbocycles. The molecule has 0 saturated heterocycles. The highest BCUT2D eigenvalue weighted by Gasteiger charge is 2.33. The molecule has 4 rings (SSSR count). The average Bonchev–Trinajstić information content (AvgIpc) is 3.12. The molecular formula is C16H21N5O2. The first-order chi connectivity index (χ1) is 11.2. The SMILES string of the molecule is C[C@H](C(=O)NCc1ccco1)N1CCn2c(nnc2C2CC2)C1. The van der Waals surface area contributed by atoms with Gasteiger partial charge in [-0.2, -0.15) is 0 Å². The zero-order valence-corrected chi connectivity index (χ0v) is 13.2. The van der Waals surface area contributed by atoms with E-state index in [-0.39, 0.29) is 11.9 Å². The predicted octanol–water partition coefficient (Wildman–Crippen LogP) is 1.27. The van der Waals surface area contributed by atoms with Crippen molar-refractivity contribution in [3.05, 3.63) is 35.8 Å². The third-order valence-electron chi connectivity index (χ3n) is 4.70. The number of carbonyl (C=O) groups is 1. The summed E-state index contributed by atoms with van der Waals surface area (Å²) >= 11 is 0. The molecule has 2 aromatic rings. The van der Waals surface area contributed by atoms with E-state index >= 15 is 0 Å². The van der Waals surface area contributed by atoms with Gasteiger partial charge < -0.3 is 14.3 Å². The highest BCUT2D eigenvalue weighted by atomic mass is 16.3. The van der Waals surface area contributed by atoms with Crippen molar-refractivity contribution in [3.63, 3.8) is 0 Å². The molecule has 2 aromatic heterocycles. The van der Waals surface area contributed by atoms with Crippen LogP contribution >= 0.6 is 0 Å². The quantitative estimate of drug-likeness (QED) is 0.899. The third kappa shape index (κ3) is 2.88. The fourth-order valence-electron chi connectivity index (χ4n) is 3.07. The molecule has 0 bridgehead atoms. The standard InChI is InChI=1S/C16H21N5O2/c1-11(16(22)17-9-13-3-2-8-23-13)20-6-7-21-14(10-20)18-19-15(21)12-4-5-12/h2-3,8,11-12H,4-7,9-10H2,1H3,(H,17,22)/t11-/m1/s1. The van der Waals surface area contributed by atoms with Gasteiger partial charge in [0, 0.05) is 19.0 Å². The first-order valence-corrected chi connectivity index (χ1v) is 8.18. The Morgan fingerprint density at radius 1 is 1.43 bits per heavy atom. The van der Waals surface area contributed by atoms with E-state index in [4.69, 9.17) is 4.42 Å². The summed E-state index contributed by atoms with van der Waals surface area (Å²) in [5.41, 5.74) is 0. The molecule has 0 radical (unpaired) electrons. The Morgan fingerprint density at radius 2 is 2.30 bits per heavy atom. The highest BCUT2D eigenvalue weighted by Crippen LogP contribution is 2.39. The Morgan fingerprint density at radius 3 is 3.04 bits per heavy atom. The fraction of sp³-hybridized carbons (Fsp3) is 0.562. The van der Waals surface area contributed by atoms with Crippen LogP contribution < -0.4 is 5.32 Å². The number of hydrogen-bond acceptors (Lipinski definition) is 5. The van der Waals surface area contributed by atoms with E-state index < -0.39 is 0 Å². The van der Waals surface area contributed by atoms with Gasteiger partial charge in [0.15, 0.2) is 0 Å². The monoisotopic (exact) mass is 315 g/mol. The normalized spacial score (nSPS) is 19.3. The van der Waals surface area contributed by atoms with Gasteiger partial charge in [0.1, 0.15) is 17.4 Å². The minimum atomic E-state index is -0.195. The van der Waals surface area contributed by atoms with Gasteiger partial charge in [0.2, 0.25) is 5.91 Å². The van der Waals surface area contributed by atoms with Gasteiger partial charge in [-0.25, -0.2) is 0 Å². The summed E-state index contributed by atoms with van der Waals surface area (Å²) in [4.78, 5) is 14.5. The molecule has 0 unspecified atom stereocenters. The van der Waals surface area contributed by atoms with Crippen molar-refractivity contribution in [2.24, 2.45) is 0 Å². The number of nitrogens with zero attached hydrogens (tertiary/aromatic N) is 4. The van der Waals surface area contributed by atoms with E-state index in [9.17, 15) is 4.79 Å². The summed E-state index contributed by atoms with van der Waals surface area (Å²) in [5.74, 6) is 3.49. The van der Waals surface area contributed by atoms with Crippen molar-refractivity contribution in [1.82, 2.24) is 25.0 Å². The predicted molar refractivity (Wildman–Crippen MR) is 82.4 cm³/mol. The molecule has 1 aliphatic heterocycles. The summed E-state index contributed by atoms with van der Waals surface area (Å²) in [6.45, 7) is 4.75. The minimum absolute atomic E-state index is 0.0109. The Balaban J connectivity index is 1.37. The highest BCUT2D eigenvalue weighted by molar-refractivity contribution is 5.81. The maximum absolute atomic E-state index is 12.3. The van der Waals surface area contributed by atoms with Gasteiger partial charge in [-0.05, 0) is 31.9 Å². The van der Waals surface area contributed by atoms with Crippen molar-refractivity contribution in [2.75, 3.05) is 6.54 Å².